The molecule has 0 bridgehead atoms. The van der Waals surface area contributed by atoms with Crippen molar-refractivity contribution in [2.75, 3.05) is 13.7 Å². The van der Waals surface area contributed by atoms with E-state index in [0.29, 0.717) is 17.1 Å². The monoisotopic (exact) mass is 314 g/mol. The predicted molar refractivity (Wildman–Crippen MR) is 82.8 cm³/mol. The lowest BCUT2D eigenvalue weighted by Gasteiger charge is -2.12. The Hall–Kier alpha value is -3.00. The van der Waals surface area contributed by atoms with Gasteiger partial charge in [-0.2, -0.15) is 0 Å². The zero-order chi connectivity index (χ0) is 16.7. The molecule has 23 heavy (non-hydrogen) atoms. The second-order valence-corrected chi connectivity index (χ2v) is 4.56. The second-order valence-electron chi connectivity index (χ2n) is 4.56. The lowest BCUT2D eigenvalue weighted by atomic mass is 10.2. The summed E-state index contributed by atoms with van der Waals surface area (Å²) in [5, 5.41) is 0. The number of methoxy groups -OCH3 is 1. The van der Waals surface area contributed by atoms with Gasteiger partial charge in [-0.15, -0.1) is 6.42 Å². The highest BCUT2D eigenvalue weighted by atomic mass is 19.1. The number of rotatable bonds is 6. The van der Waals surface area contributed by atoms with Crippen molar-refractivity contribution in [2.45, 2.75) is 6.61 Å². The molecule has 0 aromatic heterocycles. The molecule has 0 heterocycles. The Bertz CT molecular complexity index is 717. The molecule has 4 nitrogen and oxygen atoms in total. The van der Waals surface area contributed by atoms with Crippen LogP contribution >= 0.6 is 0 Å². The molecule has 0 aliphatic heterocycles. The van der Waals surface area contributed by atoms with Gasteiger partial charge < -0.3 is 14.2 Å². The molecule has 2 rings (SSSR count). The van der Waals surface area contributed by atoms with Gasteiger partial charge in [-0.05, 0) is 35.9 Å². The van der Waals surface area contributed by atoms with Gasteiger partial charge in [0.1, 0.15) is 12.4 Å². The van der Waals surface area contributed by atoms with Gasteiger partial charge in [0.25, 0.3) is 0 Å². The first kappa shape index (κ1) is 16.4. The van der Waals surface area contributed by atoms with Crippen molar-refractivity contribution in [1.82, 2.24) is 0 Å². The van der Waals surface area contributed by atoms with Crippen LogP contribution in [0.5, 0.6) is 11.5 Å². The molecular formula is C18H15FO4. The fraction of sp³-hybridized carbons (Fsp3) is 0.167. The third kappa shape index (κ3) is 4.48. The molecule has 0 aliphatic rings. The molecule has 0 saturated heterocycles. The lowest BCUT2D eigenvalue weighted by Crippen LogP contribution is -2.06. The van der Waals surface area contributed by atoms with Crippen LogP contribution in [0, 0.1) is 18.2 Å². The van der Waals surface area contributed by atoms with Gasteiger partial charge in [0, 0.05) is 0 Å². The van der Waals surface area contributed by atoms with E-state index in [1.807, 2.05) is 0 Å². The molecule has 2 aromatic carbocycles. The van der Waals surface area contributed by atoms with Crippen molar-refractivity contribution >= 4 is 5.97 Å². The molecule has 0 spiro atoms. The fourth-order valence-electron chi connectivity index (χ4n) is 1.85. The van der Waals surface area contributed by atoms with Crippen molar-refractivity contribution in [3.8, 4) is 23.8 Å². The minimum absolute atomic E-state index is 0.0933. The average Bonchev–Trinajstić information content (AvgIpc) is 2.59. The molecule has 118 valence electrons. The molecule has 2 aromatic rings. The van der Waals surface area contributed by atoms with Crippen LogP contribution in [-0.4, -0.2) is 19.7 Å². The van der Waals surface area contributed by atoms with Gasteiger partial charge in [0.05, 0.1) is 12.7 Å². The van der Waals surface area contributed by atoms with E-state index >= 15 is 0 Å². The number of benzene rings is 2. The third-order valence-electron chi connectivity index (χ3n) is 2.99. The normalized spacial score (nSPS) is 9.78. The summed E-state index contributed by atoms with van der Waals surface area (Å²) in [5.74, 6) is 2.24. The van der Waals surface area contributed by atoms with E-state index in [-0.39, 0.29) is 19.0 Å². The lowest BCUT2D eigenvalue weighted by molar-refractivity contribution is 0.0556. The van der Waals surface area contributed by atoms with Crippen LogP contribution in [-0.2, 0) is 11.3 Å². The number of halogens is 1. The van der Waals surface area contributed by atoms with Crippen LogP contribution in [0.15, 0.2) is 42.5 Å². The Balaban J connectivity index is 2.08. The van der Waals surface area contributed by atoms with Gasteiger partial charge in [-0.3, -0.25) is 0 Å². The van der Waals surface area contributed by atoms with Crippen molar-refractivity contribution in [2.24, 2.45) is 0 Å². The third-order valence-corrected chi connectivity index (χ3v) is 2.99. The van der Waals surface area contributed by atoms with Gasteiger partial charge in [-0.25, -0.2) is 9.18 Å². The summed E-state index contributed by atoms with van der Waals surface area (Å²) in [7, 11) is 1.47. The Morgan fingerprint density at radius 3 is 2.57 bits per heavy atom. The van der Waals surface area contributed by atoms with Gasteiger partial charge >= 0.3 is 5.97 Å². The van der Waals surface area contributed by atoms with Gasteiger partial charge in [0.2, 0.25) is 0 Å². The first-order valence-corrected chi connectivity index (χ1v) is 6.80. The van der Waals surface area contributed by atoms with Crippen LogP contribution in [0.25, 0.3) is 0 Å². The minimum atomic E-state index is -0.536. The van der Waals surface area contributed by atoms with Crippen LogP contribution in [0.2, 0.25) is 0 Å². The van der Waals surface area contributed by atoms with E-state index in [1.54, 1.807) is 24.3 Å². The SMILES string of the molecule is C#CCOC(=O)c1ccc(OCc2ccc(F)cc2)c(OC)c1. The smallest absolute Gasteiger partial charge is 0.339 e. The maximum absolute atomic E-state index is 12.9. The van der Waals surface area contributed by atoms with Crippen LogP contribution in [0.3, 0.4) is 0 Å². The number of hydrogen-bond acceptors (Lipinski definition) is 4. The Morgan fingerprint density at radius 1 is 1.17 bits per heavy atom. The number of esters is 1. The fourth-order valence-corrected chi connectivity index (χ4v) is 1.85. The summed E-state index contributed by atoms with van der Waals surface area (Å²) in [6, 6.07) is 10.7. The van der Waals surface area contributed by atoms with E-state index in [0.717, 1.165) is 5.56 Å². The summed E-state index contributed by atoms with van der Waals surface area (Å²) in [5.41, 5.74) is 1.12. The zero-order valence-corrected chi connectivity index (χ0v) is 12.5. The number of ether oxygens (including phenoxy) is 3. The standard InChI is InChI=1S/C18H15FO4/c1-3-10-22-18(20)14-6-9-16(17(11-14)21-2)23-12-13-4-7-15(19)8-5-13/h1,4-9,11H,10,12H2,2H3. The summed E-state index contributed by atoms with van der Waals surface area (Å²) < 4.78 is 28.6. The molecule has 0 unspecified atom stereocenters. The molecule has 0 atom stereocenters. The highest BCUT2D eigenvalue weighted by Gasteiger charge is 2.12. The van der Waals surface area contributed by atoms with Crippen molar-refractivity contribution in [3.05, 3.63) is 59.4 Å². The Morgan fingerprint density at radius 2 is 1.91 bits per heavy atom. The maximum Gasteiger partial charge on any atom is 0.339 e. The summed E-state index contributed by atoms with van der Waals surface area (Å²) in [6.45, 7) is 0.154. The summed E-state index contributed by atoms with van der Waals surface area (Å²) in [6.07, 6.45) is 5.04. The second kappa shape index (κ2) is 7.85. The van der Waals surface area contributed by atoms with E-state index in [4.69, 9.17) is 20.6 Å². The minimum Gasteiger partial charge on any atom is -0.493 e. The molecule has 0 saturated carbocycles. The summed E-state index contributed by atoms with van der Waals surface area (Å²) >= 11 is 0. The molecular weight excluding hydrogens is 299 g/mol. The quantitative estimate of drug-likeness (QED) is 0.607. The zero-order valence-electron chi connectivity index (χ0n) is 12.5. The number of carbonyl (C=O) groups is 1. The van der Waals surface area contributed by atoms with Crippen LogP contribution < -0.4 is 9.47 Å². The Kier molecular flexibility index (Phi) is 5.59. The van der Waals surface area contributed by atoms with Gasteiger partial charge in [-0.1, -0.05) is 18.1 Å². The summed E-state index contributed by atoms with van der Waals surface area (Å²) in [4.78, 5) is 11.7. The molecule has 0 fully saturated rings. The predicted octanol–water partition coefficient (Wildman–Crippen LogP) is 3.20. The molecule has 5 heteroatoms. The molecule has 0 aliphatic carbocycles. The van der Waals surface area contributed by atoms with E-state index in [2.05, 4.69) is 5.92 Å². The van der Waals surface area contributed by atoms with Crippen molar-refractivity contribution in [1.29, 1.82) is 0 Å². The van der Waals surface area contributed by atoms with Crippen molar-refractivity contribution in [3.63, 3.8) is 0 Å². The molecule has 0 amide bonds. The van der Waals surface area contributed by atoms with E-state index < -0.39 is 5.97 Å². The highest BCUT2D eigenvalue weighted by Crippen LogP contribution is 2.29. The van der Waals surface area contributed by atoms with E-state index in [1.165, 1.54) is 25.3 Å². The first-order chi connectivity index (χ1) is 11.1. The van der Waals surface area contributed by atoms with Crippen molar-refractivity contribution < 1.29 is 23.4 Å². The highest BCUT2D eigenvalue weighted by molar-refractivity contribution is 5.90. The van der Waals surface area contributed by atoms with Gasteiger partial charge in [0.15, 0.2) is 18.1 Å². The van der Waals surface area contributed by atoms with Crippen LogP contribution in [0.4, 0.5) is 4.39 Å². The number of terminal acetylenes is 1. The van der Waals surface area contributed by atoms with E-state index in [9.17, 15) is 9.18 Å². The largest absolute Gasteiger partial charge is 0.493 e. The number of carbonyl (C=O) groups excluding carboxylic acids is 1. The maximum atomic E-state index is 12.9. The molecule has 0 radical (unpaired) electrons. The topological polar surface area (TPSA) is 44.8 Å². The number of hydrogen-bond donors (Lipinski definition) is 0. The molecule has 0 N–H and O–H groups in total. The van der Waals surface area contributed by atoms with Crippen LogP contribution in [0.1, 0.15) is 15.9 Å². The first-order valence-electron chi connectivity index (χ1n) is 6.80. The average molecular weight is 314 g/mol. The Labute approximate surface area is 133 Å².